The predicted molar refractivity (Wildman–Crippen MR) is 102 cm³/mol. The Labute approximate surface area is 158 Å². The molecule has 4 N–H and O–H groups in total. The SMILES string of the molecule is C#N.NC(=O)c1cn(C2CCCCC2)nc1Nc1ccc2c(c1)B(O)OC2. The summed E-state index contributed by atoms with van der Waals surface area (Å²) in [5, 5.41) is 24.1. The second kappa shape index (κ2) is 8.25. The fourth-order valence-electron chi connectivity index (χ4n) is 3.63. The minimum Gasteiger partial charge on any atom is -0.423 e. The molecule has 0 atom stereocenters. The Bertz CT molecular complexity index is 845. The lowest BCUT2D eigenvalue weighted by atomic mass is 9.79. The molecular weight excluding hydrogens is 345 g/mol. The van der Waals surface area contributed by atoms with Crippen LogP contribution in [0.2, 0.25) is 0 Å². The third kappa shape index (κ3) is 3.97. The summed E-state index contributed by atoms with van der Waals surface area (Å²) >= 11 is 0. The Hall–Kier alpha value is -2.83. The minimum atomic E-state index is -0.910. The quantitative estimate of drug-likeness (QED) is 0.705. The normalized spacial score (nSPS) is 16.3. The van der Waals surface area contributed by atoms with Crippen molar-refractivity contribution in [3.8, 4) is 6.57 Å². The van der Waals surface area contributed by atoms with E-state index in [0.717, 1.165) is 29.6 Å². The molecule has 9 heteroatoms. The number of amides is 1. The van der Waals surface area contributed by atoms with Crippen LogP contribution in [0.1, 0.15) is 54.1 Å². The van der Waals surface area contributed by atoms with Gasteiger partial charge in [0.05, 0.1) is 12.6 Å². The summed E-state index contributed by atoms with van der Waals surface area (Å²) in [6.07, 6.45) is 7.50. The average molecular weight is 367 g/mol. The van der Waals surface area contributed by atoms with Crippen LogP contribution in [0.3, 0.4) is 0 Å². The molecule has 2 aliphatic rings. The molecule has 1 saturated carbocycles. The van der Waals surface area contributed by atoms with Crippen molar-refractivity contribution in [3.05, 3.63) is 35.5 Å². The van der Waals surface area contributed by atoms with Crippen LogP contribution in [-0.2, 0) is 11.3 Å². The highest BCUT2D eigenvalue weighted by Gasteiger charge is 2.27. The number of hydrogen-bond acceptors (Lipinski definition) is 6. The molecule has 0 spiro atoms. The van der Waals surface area contributed by atoms with Gasteiger partial charge in [0, 0.05) is 18.5 Å². The smallest absolute Gasteiger partial charge is 0.423 e. The monoisotopic (exact) mass is 367 g/mol. The number of benzene rings is 1. The van der Waals surface area contributed by atoms with E-state index in [1.807, 2.05) is 22.9 Å². The Morgan fingerprint density at radius 2 is 2.11 bits per heavy atom. The van der Waals surface area contributed by atoms with Gasteiger partial charge in [-0.05, 0) is 36.0 Å². The highest BCUT2D eigenvalue weighted by molar-refractivity contribution is 6.61. The van der Waals surface area contributed by atoms with Gasteiger partial charge < -0.3 is 20.7 Å². The number of anilines is 2. The average Bonchev–Trinajstić information content (AvgIpc) is 3.28. The predicted octanol–water partition coefficient (Wildman–Crippen LogP) is 1.59. The van der Waals surface area contributed by atoms with E-state index < -0.39 is 13.0 Å². The Morgan fingerprint density at radius 3 is 2.81 bits per heavy atom. The van der Waals surface area contributed by atoms with Crippen molar-refractivity contribution in [2.45, 2.75) is 44.8 Å². The summed E-state index contributed by atoms with van der Waals surface area (Å²) in [7, 11) is -0.910. The zero-order chi connectivity index (χ0) is 19.4. The number of aromatic nitrogens is 2. The van der Waals surface area contributed by atoms with Crippen molar-refractivity contribution >= 4 is 30.0 Å². The third-order valence-electron chi connectivity index (χ3n) is 5.02. The van der Waals surface area contributed by atoms with E-state index in [-0.39, 0.29) is 0 Å². The van der Waals surface area contributed by atoms with Crippen molar-refractivity contribution < 1.29 is 14.5 Å². The van der Waals surface area contributed by atoms with Crippen LogP contribution in [0, 0.1) is 11.8 Å². The molecule has 2 heterocycles. The number of carbonyl (C=O) groups excluding carboxylic acids is 1. The maximum Gasteiger partial charge on any atom is 0.491 e. The fraction of sp³-hybridized carbons (Fsp3) is 0.389. The molecular formula is C18H22BN5O3. The molecule has 140 valence electrons. The number of rotatable bonds is 4. The summed E-state index contributed by atoms with van der Waals surface area (Å²) in [6, 6.07) is 5.91. The molecule has 1 aromatic carbocycles. The molecule has 1 amide bonds. The van der Waals surface area contributed by atoms with E-state index in [9.17, 15) is 9.82 Å². The van der Waals surface area contributed by atoms with Gasteiger partial charge in [0.1, 0.15) is 5.56 Å². The lowest BCUT2D eigenvalue weighted by molar-refractivity contribution is 0.100. The fourth-order valence-corrected chi connectivity index (χ4v) is 3.63. The first-order chi connectivity index (χ1) is 13.1. The lowest BCUT2D eigenvalue weighted by Gasteiger charge is -2.21. The van der Waals surface area contributed by atoms with E-state index in [4.69, 9.17) is 15.6 Å². The highest BCUT2D eigenvalue weighted by Crippen LogP contribution is 2.30. The second-order valence-electron chi connectivity index (χ2n) is 6.73. The number of carbonyl (C=O) groups is 1. The second-order valence-corrected chi connectivity index (χ2v) is 6.73. The zero-order valence-electron chi connectivity index (χ0n) is 15.0. The zero-order valence-corrected chi connectivity index (χ0v) is 15.0. The third-order valence-corrected chi connectivity index (χ3v) is 5.02. The van der Waals surface area contributed by atoms with Crippen LogP contribution in [0.4, 0.5) is 11.5 Å². The van der Waals surface area contributed by atoms with Crippen LogP contribution in [0.15, 0.2) is 24.4 Å². The van der Waals surface area contributed by atoms with E-state index in [2.05, 4.69) is 17.0 Å². The van der Waals surface area contributed by atoms with Gasteiger partial charge >= 0.3 is 7.12 Å². The first-order valence-corrected chi connectivity index (χ1v) is 8.96. The van der Waals surface area contributed by atoms with Crippen LogP contribution in [0.25, 0.3) is 0 Å². The molecule has 0 bridgehead atoms. The van der Waals surface area contributed by atoms with Crippen molar-refractivity contribution in [1.82, 2.24) is 9.78 Å². The van der Waals surface area contributed by atoms with Gasteiger partial charge in [-0.25, -0.2) is 5.26 Å². The number of hydrogen-bond donors (Lipinski definition) is 3. The molecule has 0 saturated heterocycles. The Kier molecular flexibility index (Phi) is 5.79. The van der Waals surface area contributed by atoms with Crippen molar-refractivity contribution in [2.24, 2.45) is 5.73 Å². The number of fused-ring (bicyclic) bond motifs is 1. The van der Waals surface area contributed by atoms with Gasteiger partial charge in [-0.2, -0.15) is 5.10 Å². The van der Waals surface area contributed by atoms with Gasteiger partial charge in [-0.15, -0.1) is 0 Å². The first-order valence-electron chi connectivity index (χ1n) is 8.96. The number of nitrogens with two attached hydrogens (primary N) is 1. The van der Waals surface area contributed by atoms with E-state index >= 15 is 0 Å². The van der Waals surface area contributed by atoms with Crippen molar-refractivity contribution in [2.75, 3.05) is 5.32 Å². The molecule has 1 fully saturated rings. The molecule has 4 rings (SSSR count). The molecule has 0 radical (unpaired) electrons. The van der Waals surface area contributed by atoms with Crippen LogP contribution >= 0.6 is 0 Å². The number of nitrogens with one attached hydrogen (secondary N) is 1. The number of primary amides is 1. The largest absolute Gasteiger partial charge is 0.491 e. The summed E-state index contributed by atoms with van der Waals surface area (Å²) in [4.78, 5) is 11.8. The van der Waals surface area contributed by atoms with E-state index in [0.29, 0.717) is 24.0 Å². The summed E-state index contributed by atoms with van der Waals surface area (Å²) in [5.41, 5.74) is 8.34. The molecule has 27 heavy (non-hydrogen) atoms. The number of nitriles is 1. The molecule has 1 aliphatic heterocycles. The number of nitrogens with zero attached hydrogens (tertiary/aromatic N) is 3. The molecule has 1 aliphatic carbocycles. The lowest BCUT2D eigenvalue weighted by Crippen LogP contribution is -2.28. The maximum atomic E-state index is 11.8. The van der Waals surface area contributed by atoms with E-state index in [1.165, 1.54) is 19.3 Å². The summed E-state index contributed by atoms with van der Waals surface area (Å²) in [6.45, 7) is 3.90. The van der Waals surface area contributed by atoms with Crippen molar-refractivity contribution in [1.29, 1.82) is 5.26 Å². The van der Waals surface area contributed by atoms with Gasteiger partial charge in [-0.1, -0.05) is 25.3 Å². The minimum absolute atomic E-state index is 0.317. The van der Waals surface area contributed by atoms with Gasteiger partial charge in [0.25, 0.3) is 5.91 Å². The van der Waals surface area contributed by atoms with Crippen LogP contribution < -0.4 is 16.5 Å². The van der Waals surface area contributed by atoms with Crippen LogP contribution in [-0.4, -0.2) is 27.8 Å². The topological polar surface area (TPSA) is 126 Å². The Balaban J connectivity index is 0.00000102. The summed E-state index contributed by atoms with van der Waals surface area (Å²) in [5.74, 6) is -0.0551. The molecule has 1 aromatic heterocycles. The summed E-state index contributed by atoms with van der Waals surface area (Å²) < 4.78 is 7.08. The van der Waals surface area contributed by atoms with Crippen molar-refractivity contribution in [3.63, 3.8) is 0 Å². The molecule has 0 unspecified atom stereocenters. The van der Waals surface area contributed by atoms with Gasteiger partial charge in [0.15, 0.2) is 5.82 Å². The molecule has 8 nitrogen and oxygen atoms in total. The standard InChI is InChI=1S/C17H21BN4O3.CHN/c19-16(23)14-9-22(13-4-2-1-3-5-13)21-17(14)20-12-7-6-11-10-25-18(24)15(11)8-12;1-2/h6-9,13,24H,1-5,10H2,(H2,19,23)(H,20,21);1H. The maximum absolute atomic E-state index is 11.8. The highest BCUT2D eigenvalue weighted by atomic mass is 16.5. The molecule has 2 aromatic rings. The van der Waals surface area contributed by atoms with E-state index in [1.54, 1.807) is 6.20 Å². The van der Waals surface area contributed by atoms with Gasteiger partial charge in [0.2, 0.25) is 0 Å². The first kappa shape index (κ1) is 19.0. The van der Waals surface area contributed by atoms with Gasteiger partial charge in [-0.3, -0.25) is 9.48 Å². The van der Waals surface area contributed by atoms with Crippen LogP contribution in [0.5, 0.6) is 0 Å². The Morgan fingerprint density at radius 1 is 1.37 bits per heavy atom.